The molecule has 0 fully saturated rings. The van der Waals surface area contributed by atoms with Gasteiger partial charge < -0.3 is 5.48 Å². The molecule has 1 aromatic heterocycles. The molecule has 0 amide bonds. The summed E-state index contributed by atoms with van der Waals surface area (Å²) in [5, 5.41) is 4.37. The van der Waals surface area contributed by atoms with Gasteiger partial charge in [0, 0.05) is 10.1 Å². The highest BCUT2D eigenvalue weighted by atomic mass is 32.1. The van der Waals surface area contributed by atoms with Gasteiger partial charge in [0.2, 0.25) is 0 Å². The van der Waals surface area contributed by atoms with Crippen LogP contribution in [0.5, 0.6) is 0 Å². The summed E-state index contributed by atoms with van der Waals surface area (Å²) in [6, 6.07) is 10.3. The predicted molar refractivity (Wildman–Crippen MR) is 44.3 cm³/mol. The number of rotatable bonds is 0. The van der Waals surface area contributed by atoms with E-state index in [2.05, 4.69) is 17.5 Å². The van der Waals surface area contributed by atoms with Gasteiger partial charge in [-0.25, -0.2) is 0 Å². The Morgan fingerprint density at radius 1 is 1.20 bits per heavy atom. The largest absolute Gasteiger partial charge is 0.412 e. The fourth-order valence-corrected chi connectivity index (χ4v) is 1.55. The van der Waals surface area contributed by atoms with Gasteiger partial charge in [-0.15, -0.1) is 11.3 Å². The summed E-state index contributed by atoms with van der Waals surface area (Å²) in [4.78, 5) is 0. The first-order chi connectivity index (χ1) is 4.47. The third kappa shape index (κ3) is 1.03. The lowest BCUT2D eigenvalue weighted by molar-refractivity contribution is 0.824. The van der Waals surface area contributed by atoms with Gasteiger partial charge in [-0.2, -0.15) is 0 Å². The molecule has 2 rings (SSSR count). The average molecular weight is 151 g/mol. The van der Waals surface area contributed by atoms with Crippen molar-refractivity contribution < 1.29 is 5.48 Å². The molecule has 0 aliphatic carbocycles. The second-order valence-electron chi connectivity index (χ2n) is 1.90. The first-order valence-corrected chi connectivity index (χ1v) is 3.63. The van der Waals surface area contributed by atoms with Gasteiger partial charge in [0.1, 0.15) is 0 Å². The van der Waals surface area contributed by atoms with Crippen LogP contribution < -0.4 is 0 Å². The maximum atomic E-state index is 3.08. The second kappa shape index (κ2) is 2.82. The van der Waals surface area contributed by atoms with Crippen molar-refractivity contribution in [2.24, 2.45) is 0 Å². The van der Waals surface area contributed by atoms with E-state index in [0.29, 0.717) is 0 Å². The van der Waals surface area contributed by atoms with Crippen LogP contribution in [0.25, 0.3) is 10.1 Å². The molecule has 10 heavy (non-hydrogen) atoms. The van der Waals surface area contributed by atoms with E-state index in [0.717, 1.165) is 0 Å². The number of benzene rings is 1. The van der Waals surface area contributed by atoms with E-state index in [4.69, 9.17) is 0 Å². The zero-order chi connectivity index (χ0) is 6.10. The molecule has 2 aromatic rings. The smallest absolute Gasteiger partial charge is 0.0455 e. The predicted octanol–water partition coefficient (Wildman–Crippen LogP) is 1.88. The van der Waals surface area contributed by atoms with E-state index in [1.807, 2.05) is 18.2 Å². The van der Waals surface area contributed by atoms with Crippen molar-refractivity contribution in [1.29, 1.82) is 0 Å². The molecule has 2 N–H and O–H groups in total. The minimum Gasteiger partial charge on any atom is -0.412 e. The van der Waals surface area contributed by atoms with Crippen LogP contribution in [0, 0.1) is 5.38 Å². The van der Waals surface area contributed by atoms with Crippen molar-refractivity contribution in [1.82, 2.24) is 0 Å². The fourth-order valence-electron chi connectivity index (χ4n) is 0.849. The molecule has 51 valence electrons. The van der Waals surface area contributed by atoms with Crippen molar-refractivity contribution in [2.75, 3.05) is 0 Å². The van der Waals surface area contributed by atoms with E-state index in [1.165, 1.54) is 10.1 Å². The normalized spacial score (nSPS) is 9.20. The third-order valence-corrected chi connectivity index (χ3v) is 2.13. The van der Waals surface area contributed by atoms with Crippen molar-refractivity contribution in [3.8, 4) is 0 Å². The Bertz CT molecular complexity index is 283. The Morgan fingerprint density at radius 2 is 2.00 bits per heavy atom. The Kier molecular flexibility index (Phi) is 2.04. The summed E-state index contributed by atoms with van der Waals surface area (Å²) in [5.41, 5.74) is 0. The fraction of sp³-hybridized carbons (Fsp3) is 0. The highest BCUT2D eigenvalue weighted by Gasteiger charge is 1.88. The molecule has 0 spiro atoms. The van der Waals surface area contributed by atoms with Crippen LogP contribution in [-0.2, 0) is 0 Å². The lowest BCUT2D eigenvalue weighted by atomic mass is 10.3. The molecule has 2 heteroatoms. The van der Waals surface area contributed by atoms with E-state index < -0.39 is 0 Å². The SMILES string of the molecule is O.[c]1cc2ccccc2s1. The monoisotopic (exact) mass is 151 g/mol. The molecular weight excluding hydrogens is 144 g/mol. The molecular formula is C8H7OS. The second-order valence-corrected chi connectivity index (χ2v) is 2.78. The summed E-state index contributed by atoms with van der Waals surface area (Å²) >= 11 is 1.66. The van der Waals surface area contributed by atoms with Crippen LogP contribution in [0.4, 0.5) is 0 Å². The summed E-state index contributed by atoms with van der Waals surface area (Å²) in [6.45, 7) is 0. The van der Waals surface area contributed by atoms with Gasteiger partial charge in [-0.3, -0.25) is 0 Å². The molecule has 1 aromatic carbocycles. The molecule has 0 unspecified atom stereocenters. The van der Waals surface area contributed by atoms with Gasteiger partial charge in [-0.1, -0.05) is 18.2 Å². The maximum absolute atomic E-state index is 3.08. The Morgan fingerprint density at radius 3 is 2.80 bits per heavy atom. The van der Waals surface area contributed by atoms with Gasteiger partial charge in [0.15, 0.2) is 0 Å². The van der Waals surface area contributed by atoms with Crippen molar-refractivity contribution in [2.45, 2.75) is 0 Å². The minimum atomic E-state index is 0. The molecule has 1 nitrogen and oxygen atoms in total. The highest BCUT2D eigenvalue weighted by molar-refractivity contribution is 7.16. The van der Waals surface area contributed by atoms with E-state index >= 15 is 0 Å². The van der Waals surface area contributed by atoms with E-state index in [-0.39, 0.29) is 5.48 Å². The zero-order valence-electron chi connectivity index (χ0n) is 5.29. The number of hydrogen-bond donors (Lipinski definition) is 0. The van der Waals surface area contributed by atoms with Crippen LogP contribution in [-0.4, -0.2) is 5.48 Å². The van der Waals surface area contributed by atoms with Crippen LogP contribution in [0.3, 0.4) is 0 Å². The topological polar surface area (TPSA) is 31.5 Å². The van der Waals surface area contributed by atoms with Gasteiger partial charge in [0.25, 0.3) is 0 Å². The van der Waals surface area contributed by atoms with Crippen molar-refractivity contribution in [3.63, 3.8) is 0 Å². The lowest BCUT2D eigenvalue weighted by Gasteiger charge is -1.82. The van der Waals surface area contributed by atoms with Crippen molar-refractivity contribution >= 4 is 21.4 Å². The summed E-state index contributed by atoms with van der Waals surface area (Å²) < 4.78 is 1.32. The molecule has 1 heterocycles. The van der Waals surface area contributed by atoms with Crippen molar-refractivity contribution in [3.05, 3.63) is 35.7 Å². The third-order valence-electron chi connectivity index (χ3n) is 1.30. The Hall–Kier alpha value is -0.860. The van der Waals surface area contributed by atoms with Gasteiger partial charge in [0.05, 0.1) is 0 Å². The zero-order valence-corrected chi connectivity index (χ0v) is 6.11. The molecule has 0 saturated carbocycles. The lowest BCUT2D eigenvalue weighted by Crippen LogP contribution is -1.56. The first-order valence-electron chi connectivity index (χ1n) is 2.81. The number of fused-ring (bicyclic) bond motifs is 1. The number of hydrogen-bond acceptors (Lipinski definition) is 1. The van der Waals surface area contributed by atoms with Crippen LogP contribution in [0.1, 0.15) is 0 Å². The molecule has 0 aliphatic rings. The molecule has 0 bridgehead atoms. The van der Waals surface area contributed by atoms with Crippen LogP contribution in [0.2, 0.25) is 0 Å². The Balaban J connectivity index is 0.000000500. The minimum absolute atomic E-state index is 0. The summed E-state index contributed by atoms with van der Waals surface area (Å²) in [5.74, 6) is 0. The number of thiophene rings is 1. The van der Waals surface area contributed by atoms with Crippen LogP contribution in [0.15, 0.2) is 30.3 Å². The average Bonchev–Trinajstić information content (AvgIpc) is 2.33. The van der Waals surface area contributed by atoms with Crippen LogP contribution >= 0.6 is 11.3 Å². The highest BCUT2D eigenvalue weighted by Crippen LogP contribution is 2.18. The maximum Gasteiger partial charge on any atom is 0.0455 e. The summed E-state index contributed by atoms with van der Waals surface area (Å²) in [7, 11) is 0. The van der Waals surface area contributed by atoms with Gasteiger partial charge in [-0.05, 0) is 17.5 Å². The quantitative estimate of drug-likeness (QED) is 0.550. The summed E-state index contributed by atoms with van der Waals surface area (Å²) in [6.07, 6.45) is 0. The molecule has 0 saturated heterocycles. The Labute approximate surface area is 63.2 Å². The molecule has 0 aliphatic heterocycles. The van der Waals surface area contributed by atoms with E-state index in [1.54, 1.807) is 11.3 Å². The first kappa shape index (κ1) is 7.25. The molecule has 0 atom stereocenters. The standard InChI is InChI=1S/C8H5S.H2O/c1-2-4-8-7(3-1)5-6-9-8;/h1-5H;1H2. The van der Waals surface area contributed by atoms with E-state index in [9.17, 15) is 0 Å². The molecule has 1 radical (unpaired) electrons. The van der Waals surface area contributed by atoms with Gasteiger partial charge >= 0.3 is 0 Å².